The fourth-order valence-electron chi connectivity index (χ4n) is 4.43. The molecule has 0 saturated carbocycles. The Hall–Kier alpha value is -2.83. The second-order valence-electron chi connectivity index (χ2n) is 11.7. The van der Waals surface area contributed by atoms with Crippen LogP contribution >= 0.6 is 0 Å². The first-order valence-corrected chi connectivity index (χ1v) is 14.7. The van der Waals surface area contributed by atoms with Crippen molar-refractivity contribution in [1.29, 1.82) is 0 Å². The average molecular weight is 544 g/mol. The summed E-state index contributed by atoms with van der Waals surface area (Å²) >= 11 is 0. The summed E-state index contributed by atoms with van der Waals surface area (Å²) in [5.41, 5.74) is 0.909. The van der Waals surface area contributed by atoms with Crippen LogP contribution in [0.25, 0.3) is 6.08 Å². The number of nitrogens with zero attached hydrogens (tertiary/aromatic N) is 1. The van der Waals surface area contributed by atoms with Gasteiger partial charge in [0.25, 0.3) is 0 Å². The van der Waals surface area contributed by atoms with E-state index in [1.807, 2.05) is 38.1 Å². The molecular formula is C32H53N3O4. The molecule has 220 valence electrons. The predicted molar refractivity (Wildman–Crippen MR) is 160 cm³/mol. The molecule has 2 unspecified atom stereocenters. The Morgan fingerprint density at radius 2 is 1.69 bits per heavy atom. The Labute approximate surface area is 237 Å². The van der Waals surface area contributed by atoms with Gasteiger partial charge >= 0.3 is 6.09 Å². The lowest BCUT2D eigenvalue weighted by Crippen LogP contribution is -2.53. The number of unbranched alkanes of at least 4 members (excludes halogenated alkanes) is 5. The molecule has 0 aliphatic rings. The summed E-state index contributed by atoms with van der Waals surface area (Å²) in [6, 6.07) is 5.96. The smallest absolute Gasteiger partial charge is 0.408 e. The standard InChI is InChI=1S/C32H53N3O4/c1-9-12-14-16-21-35(30(37)27(22-24(4)5)34-31(38)39-32(6,7)8)28(29(36)33-20-15-13-10-2)26-19-17-18-25(11-3)23-26/h11,17-19,23-24,27-28H,3,9-10,12-16,20-22H2,1-2,4-8H3,(H,33,36)(H,34,38). The van der Waals surface area contributed by atoms with Gasteiger partial charge in [-0.3, -0.25) is 9.59 Å². The van der Waals surface area contributed by atoms with Crippen LogP contribution in [0.3, 0.4) is 0 Å². The molecule has 1 aromatic carbocycles. The predicted octanol–water partition coefficient (Wildman–Crippen LogP) is 7.03. The van der Waals surface area contributed by atoms with E-state index in [9.17, 15) is 14.4 Å². The van der Waals surface area contributed by atoms with Gasteiger partial charge in [0.15, 0.2) is 0 Å². The number of ether oxygens (including phenoxy) is 1. The van der Waals surface area contributed by atoms with Gasteiger partial charge < -0.3 is 20.3 Å². The summed E-state index contributed by atoms with van der Waals surface area (Å²) < 4.78 is 5.48. The Balaban J connectivity index is 3.48. The van der Waals surface area contributed by atoms with E-state index < -0.39 is 23.8 Å². The number of rotatable bonds is 17. The van der Waals surface area contributed by atoms with E-state index in [2.05, 4.69) is 31.1 Å². The monoisotopic (exact) mass is 543 g/mol. The van der Waals surface area contributed by atoms with Gasteiger partial charge in [-0.2, -0.15) is 0 Å². The number of amides is 3. The lowest BCUT2D eigenvalue weighted by molar-refractivity contribution is -0.143. The van der Waals surface area contributed by atoms with Crippen molar-refractivity contribution in [2.24, 2.45) is 5.92 Å². The van der Waals surface area contributed by atoms with Gasteiger partial charge in [-0.15, -0.1) is 0 Å². The van der Waals surface area contributed by atoms with E-state index in [1.165, 1.54) is 0 Å². The maximum Gasteiger partial charge on any atom is 0.408 e. The van der Waals surface area contributed by atoms with Crippen molar-refractivity contribution >= 4 is 24.0 Å². The maximum absolute atomic E-state index is 14.2. The topological polar surface area (TPSA) is 87.7 Å². The molecule has 0 spiro atoms. The third-order valence-electron chi connectivity index (χ3n) is 6.33. The quantitative estimate of drug-likeness (QED) is 0.207. The Bertz CT molecular complexity index is 907. The lowest BCUT2D eigenvalue weighted by atomic mass is 9.97. The van der Waals surface area contributed by atoms with E-state index >= 15 is 0 Å². The molecule has 7 nitrogen and oxygen atoms in total. The molecule has 39 heavy (non-hydrogen) atoms. The first-order valence-electron chi connectivity index (χ1n) is 14.7. The molecule has 3 amide bonds. The minimum Gasteiger partial charge on any atom is -0.444 e. The minimum atomic E-state index is -0.823. The zero-order valence-electron chi connectivity index (χ0n) is 25.5. The van der Waals surface area contributed by atoms with Crippen molar-refractivity contribution in [3.8, 4) is 0 Å². The number of alkyl carbamates (subject to hydrolysis) is 1. The Morgan fingerprint density at radius 3 is 2.28 bits per heavy atom. The van der Waals surface area contributed by atoms with E-state index in [-0.39, 0.29) is 17.7 Å². The van der Waals surface area contributed by atoms with E-state index in [1.54, 1.807) is 31.7 Å². The summed E-state index contributed by atoms with van der Waals surface area (Å²) in [6.45, 7) is 18.5. The molecule has 0 saturated heterocycles. The summed E-state index contributed by atoms with van der Waals surface area (Å²) in [7, 11) is 0. The summed E-state index contributed by atoms with van der Waals surface area (Å²) in [6.07, 6.45) is 8.31. The van der Waals surface area contributed by atoms with E-state index in [4.69, 9.17) is 4.74 Å². The van der Waals surface area contributed by atoms with Gasteiger partial charge in [0.2, 0.25) is 11.8 Å². The molecule has 1 aromatic rings. The van der Waals surface area contributed by atoms with E-state index in [0.717, 1.165) is 56.1 Å². The van der Waals surface area contributed by atoms with Crippen LogP contribution in [0.15, 0.2) is 30.8 Å². The SMILES string of the molecule is C=Cc1cccc(C(C(=O)NCCCCC)N(CCCCCC)C(=O)C(CC(C)C)NC(=O)OC(C)(C)C)c1. The van der Waals surface area contributed by atoms with Crippen molar-refractivity contribution < 1.29 is 19.1 Å². The highest BCUT2D eigenvalue weighted by molar-refractivity contribution is 5.92. The molecule has 0 fully saturated rings. The van der Waals surface area contributed by atoms with Crippen molar-refractivity contribution in [2.75, 3.05) is 13.1 Å². The Morgan fingerprint density at radius 1 is 1.03 bits per heavy atom. The largest absolute Gasteiger partial charge is 0.444 e. The molecule has 0 aliphatic carbocycles. The average Bonchev–Trinajstić information content (AvgIpc) is 2.86. The van der Waals surface area contributed by atoms with Crippen LogP contribution in [0, 0.1) is 5.92 Å². The molecule has 0 radical (unpaired) electrons. The summed E-state index contributed by atoms with van der Waals surface area (Å²) in [5, 5.41) is 5.89. The van der Waals surface area contributed by atoms with Gasteiger partial charge in [0, 0.05) is 13.1 Å². The highest BCUT2D eigenvalue weighted by Gasteiger charge is 2.36. The molecular weight excluding hydrogens is 490 g/mol. The highest BCUT2D eigenvalue weighted by Crippen LogP contribution is 2.26. The van der Waals surface area contributed by atoms with Crippen molar-refractivity contribution in [3.63, 3.8) is 0 Å². The fourth-order valence-corrected chi connectivity index (χ4v) is 4.43. The first-order chi connectivity index (χ1) is 18.4. The second kappa shape index (κ2) is 17.7. The van der Waals surface area contributed by atoms with Gasteiger partial charge in [-0.1, -0.05) is 90.7 Å². The number of carbonyl (C=O) groups excluding carboxylic acids is 3. The van der Waals surface area contributed by atoms with Gasteiger partial charge in [0.1, 0.15) is 17.7 Å². The van der Waals surface area contributed by atoms with Crippen molar-refractivity contribution in [1.82, 2.24) is 15.5 Å². The zero-order chi connectivity index (χ0) is 29.4. The maximum atomic E-state index is 14.2. The van der Waals surface area contributed by atoms with Crippen LogP contribution in [0.4, 0.5) is 4.79 Å². The van der Waals surface area contributed by atoms with Crippen LogP contribution in [0.5, 0.6) is 0 Å². The zero-order valence-corrected chi connectivity index (χ0v) is 25.5. The lowest BCUT2D eigenvalue weighted by Gasteiger charge is -2.35. The molecule has 2 atom stereocenters. The third-order valence-corrected chi connectivity index (χ3v) is 6.33. The van der Waals surface area contributed by atoms with E-state index in [0.29, 0.717) is 19.5 Å². The van der Waals surface area contributed by atoms with Crippen molar-refractivity contribution in [3.05, 3.63) is 42.0 Å². The number of benzene rings is 1. The normalized spacial score (nSPS) is 12.9. The third kappa shape index (κ3) is 13.2. The molecule has 2 N–H and O–H groups in total. The number of hydrogen-bond donors (Lipinski definition) is 2. The first kappa shape index (κ1) is 34.2. The number of hydrogen-bond acceptors (Lipinski definition) is 4. The van der Waals surface area contributed by atoms with Gasteiger partial charge in [0.05, 0.1) is 0 Å². The van der Waals surface area contributed by atoms with Crippen molar-refractivity contribution in [2.45, 2.75) is 118 Å². The van der Waals surface area contributed by atoms with Crippen LogP contribution in [0.1, 0.15) is 117 Å². The number of nitrogens with one attached hydrogen (secondary N) is 2. The number of carbonyl (C=O) groups is 3. The Kier molecular flexibility index (Phi) is 15.5. The molecule has 7 heteroatoms. The fraction of sp³-hybridized carbons (Fsp3) is 0.656. The van der Waals surface area contributed by atoms with Crippen LogP contribution < -0.4 is 10.6 Å². The second-order valence-corrected chi connectivity index (χ2v) is 11.7. The minimum absolute atomic E-state index is 0.140. The molecule has 0 heterocycles. The molecule has 0 bridgehead atoms. The van der Waals surface area contributed by atoms with Crippen LogP contribution in [0.2, 0.25) is 0 Å². The molecule has 0 aliphatic heterocycles. The van der Waals surface area contributed by atoms with Crippen LogP contribution in [-0.4, -0.2) is 47.5 Å². The molecule has 1 rings (SSSR count). The van der Waals surface area contributed by atoms with Gasteiger partial charge in [-0.05, 0) is 63.1 Å². The van der Waals surface area contributed by atoms with Gasteiger partial charge in [-0.25, -0.2) is 4.79 Å². The molecule has 0 aromatic heterocycles. The summed E-state index contributed by atoms with van der Waals surface area (Å²) in [5.74, 6) is -0.346. The highest BCUT2D eigenvalue weighted by atomic mass is 16.6. The van der Waals surface area contributed by atoms with Crippen LogP contribution in [-0.2, 0) is 14.3 Å². The summed E-state index contributed by atoms with van der Waals surface area (Å²) in [4.78, 5) is 42.4.